The third-order valence-corrected chi connectivity index (χ3v) is 3.97. The number of nitrogens with one attached hydrogen (secondary N) is 1. The molecule has 0 bridgehead atoms. The van der Waals surface area contributed by atoms with Crippen LogP contribution in [0.1, 0.15) is 84.0 Å². The van der Waals surface area contributed by atoms with E-state index in [-0.39, 0.29) is 12.5 Å². The molecule has 0 saturated carbocycles. The first-order chi connectivity index (χ1) is 11.1. The second-order valence-electron chi connectivity index (χ2n) is 6.20. The van der Waals surface area contributed by atoms with Crippen LogP contribution in [-0.2, 0) is 14.3 Å². The minimum Gasteiger partial charge on any atom is -0.480 e. The van der Waals surface area contributed by atoms with Crippen LogP contribution >= 0.6 is 0 Å². The van der Waals surface area contributed by atoms with Crippen LogP contribution in [0.3, 0.4) is 0 Å². The number of carboxylic acids is 1. The largest absolute Gasteiger partial charge is 0.480 e. The molecule has 1 amide bonds. The van der Waals surface area contributed by atoms with Crippen LogP contribution in [0.15, 0.2) is 0 Å². The number of rotatable bonds is 16. The van der Waals surface area contributed by atoms with Crippen molar-refractivity contribution in [2.45, 2.75) is 90.0 Å². The Balaban J connectivity index is 3.43. The number of hydrogen-bond acceptors (Lipinski definition) is 3. The average molecular weight is 329 g/mol. The van der Waals surface area contributed by atoms with Crippen LogP contribution in [0, 0.1) is 0 Å². The Bertz CT molecular complexity index is 307. The van der Waals surface area contributed by atoms with Crippen molar-refractivity contribution in [3.63, 3.8) is 0 Å². The lowest BCUT2D eigenvalue weighted by molar-refractivity contribution is -0.143. The van der Waals surface area contributed by atoms with E-state index in [2.05, 4.69) is 12.2 Å². The van der Waals surface area contributed by atoms with Crippen molar-refractivity contribution < 1.29 is 19.4 Å². The fourth-order valence-corrected chi connectivity index (χ4v) is 2.56. The molecule has 5 nitrogen and oxygen atoms in total. The third kappa shape index (κ3) is 14.2. The molecular formula is C18H35NO4. The van der Waals surface area contributed by atoms with Crippen molar-refractivity contribution >= 4 is 11.9 Å². The number of ether oxygens (including phenoxy) is 1. The fourth-order valence-electron chi connectivity index (χ4n) is 2.56. The number of amides is 1. The topological polar surface area (TPSA) is 75.6 Å². The van der Waals surface area contributed by atoms with Gasteiger partial charge in [-0.25, -0.2) is 4.79 Å². The van der Waals surface area contributed by atoms with Crippen LogP contribution in [0.4, 0.5) is 0 Å². The Hall–Kier alpha value is -1.10. The molecule has 0 aliphatic carbocycles. The molecule has 5 heteroatoms. The van der Waals surface area contributed by atoms with Crippen LogP contribution < -0.4 is 5.32 Å². The van der Waals surface area contributed by atoms with E-state index in [1.165, 1.54) is 58.5 Å². The standard InChI is InChI=1S/C18H35NO4/c1-3-4-5-6-7-8-9-10-11-12-13-14-17(20)19-16(15-23-2)18(21)22/h16H,3-15H2,1-2H3,(H,19,20)(H,21,22). The second-order valence-corrected chi connectivity index (χ2v) is 6.20. The Morgan fingerprint density at radius 2 is 1.39 bits per heavy atom. The van der Waals surface area contributed by atoms with Crippen molar-refractivity contribution in [3.8, 4) is 0 Å². The number of methoxy groups -OCH3 is 1. The summed E-state index contributed by atoms with van der Waals surface area (Å²) in [7, 11) is 1.42. The summed E-state index contributed by atoms with van der Waals surface area (Å²) in [5.74, 6) is -1.26. The molecule has 0 aromatic carbocycles. The van der Waals surface area contributed by atoms with Gasteiger partial charge in [-0.2, -0.15) is 0 Å². The van der Waals surface area contributed by atoms with Crippen LogP contribution in [-0.4, -0.2) is 36.7 Å². The smallest absolute Gasteiger partial charge is 0.328 e. The number of hydrogen-bond donors (Lipinski definition) is 2. The summed E-state index contributed by atoms with van der Waals surface area (Å²) in [6.07, 6.45) is 14.0. The van der Waals surface area contributed by atoms with Gasteiger partial charge in [-0.15, -0.1) is 0 Å². The molecule has 1 unspecified atom stereocenters. The minimum absolute atomic E-state index is 0.000665. The summed E-state index contributed by atoms with van der Waals surface area (Å²) in [6, 6.07) is -0.944. The molecule has 0 aliphatic rings. The summed E-state index contributed by atoms with van der Waals surface area (Å²) in [4.78, 5) is 22.6. The van der Waals surface area contributed by atoms with Crippen molar-refractivity contribution in [2.24, 2.45) is 0 Å². The van der Waals surface area contributed by atoms with Crippen LogP contribution in [0.25, 0.3) is 0 Å². The van der Waals surface area contributed by atoms with Gasteiger partial charge in [0.1, 0.15) is 0 Å². The lowest BCUT2D eigenvalue weighted by Gasteiger charge is -2.13. The quantitative estimate of drug-likeness (QED) is 0.421. The normalized spacial score (nSPS) is 12.1. The Morgan fingerprint density at radius 1 is 0.913 bits per heavy atom. The molecular weight excluding hydrogens is 294 g/mol. The highest BCUT2D eigenvalue weighted by Crippen LogP contribution is 2.11. The molecule has 0 aromatic rings. The average Bonchev–Trinajstić information content (AvgIpc) is 2.52. The number of carbonyl (C=O) groups is 2. The predicted octanol–water partition coefficient (Wildman–Crippen LogP) is 3.90. The number of carboxylic acid groups (broad SMARTS) is 1. The molecule has 0 saturated heterocycles. The van der Waals surface area contributed by atoms with Gasteiger partial charge in [0, 0.05) is 13.5 Å². The molecule has 0 fully saturated rings. The van der Waals surface area contributed by atoms with E-state index in [4.69, 9.17) is 9.84 Å². The summed E-state index contributed by atoms with van der Waals surface area (Å²) in [5, 5.41) is 11.4. The molecule has 1 atom stereocenters. The predicted molar refractivity (Wildman–Crippen MR) is 92.5 cm³/mol. The first kappa shape index (κ1) is 21.9. The van der Waals surface area contributed by atoms with Gasteiger partial charge in [-0.3, -0.25) is 4.79 Å². The van der Waals surface area contributed by atoms with E-state index in [9.17, 15) is 9.59 Å². The molecule has 0 radical (unpaired) electrons. The maximum absolute atomic E-state index is 11.7. The van der Waals surface area contributed by atoms with E-state index in [0.29, 0.717) is 6.42 Å². The van der Waals surface area contributed by atoms with E-state index >= 15 is 0 Å². The van der Waals surface area contributed by atoms with Crippen LogP contribution in [0.2, 0.25) is 0 Å². The fraction of sp³-hybridized carbons (Fsp3) is 0.889. The first-order valence-electron chi connectivity index (χ1n) is 9.13. The Labute approximate surface area is 141 Å². The first-order valence-corrected chi connectivity index (χ1v) is 9.13. The number of unbranched alkanes of at least 4 members (excludes halogenated alkanes) is 10. The Morgan fingerprint density at radius 3 is 1.83 bits per heavy atom. The maximum Gasteiger partial charge on any atom is 0.328 e. The van der Waals surface area contributed by atoms with E-state index in [0.717, 1.165) is 19.3 Å². The highest BCUT2D eigenvalue weighted by atomic mass is 16.5. The summed E-state index contributed by atoms with van der Waals surface area (Å²) in [5.41, 5.74) is 0. The van der Waals surface area contributed by atoms with Gasteiger partial charge in [0.15, 0.2) is 6.04 Å². The lowest BCUT2D eigenvalue weighted by Crippen LogP contribution is -2.43. The second kappa shape index (κ2) is 15.8. The molecule has 23 heavy (non-hydrogen) atoms. The molecule has 0 rings (SSSR count). The lowest BCUT2D eigenvalue weighted by atomic mass is 10.1. The van der Waals surface area contributed by atoms with Crippen molar-refractivity contribution in [1.82, 2.24) is 5.32 Å². The summed E-state index contributed by atoms with van der Waals surface area (Å²) in [6.45, 7) is 2.24. The van der Waals surface area contributed by atoms with E-state index in [1.54, 1.807) is 0 Å². The van der Waals surface area contributed by atoms with Crippen molar-refractivity contribution in [2.75, 3.05) is 13.7 Å². The van der Waals surface area contributed by atoms with E-state index < -0.39 is 12.0 Å². The number of aliphatic carboxylic acids is 1. The Kier molecular flexibility index (Phi) is 15.0. The SMILES string of the molecule is CCCCCCCCCCCCCC(=O)NC(COC)C(=O)O. The zero-order valence-electron chi connectivity index (χ0n) is 14.9. The summed E-state index contributed by atoms with van der Waals surface area (Å²) < 4.78 is 4.78. The van der Waals surface area contributed by atoms with Gasteiger partial charge in [-0.05, 0) is 6.42 Å². The zero-order valence-corrected chi connectivity index (χ0v) is 14.9. The highest BCUT2D eigenvalue weighted by Gasteiger charge is 2.18. The minimum atomic E-state index is -1.06. The number of carbonyl (C=O) groups excluding carboxylic acids is 1. The summed E-state index contributed by atoms with van der Waals surface area (Å²) >= 11 is 0. The molecule has 0 aromatic heterocycles. The van der Waals surface area contributed by atoms with Crippen LogP contribution in [0.5, 0.6) is 0 Å². The zero-order chi connectivity index (χ0) is 17.3. The van der Waals surface area contributed by atoms with Gasteiger partial charge in [0.05, 0.1) is 6.61 Å². The van der Waals surface area contributed by atoms with Gasteiger partial charge < -0.3 is 15.2 Å². The van der Waals surface area contributed by atoms with Gasteiger partial charge in [-0.1, -0.05) is 71.1 Å². The molecule has 0 heterocycles. The molecule has 0 spiro atoms. The van der Waals surface area contributed by atoms with Gasteiger partial charge in [0.25, 0.3) is 0 Å². The molecule has 136 valence electrons. The van der Waals surface area contributed by atoms with E-state index in [1.807, 2.05) is 0 Å². The van der Waals surface area contributed by atoms with Crippen molar-refractivity contribution in [3.05, 3.63) is 0 Å². The van der Waals surface area contributed by atoms with Gasteiger partial charge in [0.2, 0.25) is 5.91 Å². The maximum atomic E-state index is 11.7. The van der Waals surface area contributed by atoms with Gasteiger partial charge >= 0.3 is 5.97 Å². The molecule has 0 aliphatic heterocycles. The monoisotopic (exact) mass is 329 g/mol. The third-order valence-electron chi connectivity index (χ3n) is 3.97. The molecule has 2 N–H and O–H groups in total. The highest BCUT2D eigenvalue weighted by molar-refractivity contribution is 5.83. The van der Waals surface area contributed by atoms with Crippen molar-refractivity contribution in [1.29, 1.82) is 0 Å².